The summed E-state index contributed by atoms with van der Waals surface area (Å²) in [5, 5.41) is 2.40. The van der Waals surface area contributed by atoms with E-state index in [2.05, 4.69) is 5.43 Å². The van der Waals surface area contributed by atoms with Crippen molar-refractivity contribution in [1.29, 1.82) is 0 Å². The molecule has 2 aromatic carbocycles. The average molecular weight is 378 g/mol. The molecular formula is C21H25F3N2O. The lowest BCUT2D eigenvalue weighted by Crippen LogP contribution is -2.43. The van der Waals surface area contributed by atoms with Gasteiger partial charge in [-0.3, -0.25) is 10.2 Å². The van der Waals surface area contributed by atoms with Crippen LogP contribution in [0.5, 0.6) is 0 Å². The standard InChI is InChI=1S/C21H25F3N2O/c1-19(2,3)16-11-7-8-13-14(16)9-6-10-15(13)17(21(22,23)24)26-12-20(4,5)18(27)25-26/h6-11,17H,12H2,1-5H3,(H,25,27). The first-order chi connectivity index (χ1) is 12.3. The Bertz CT molecular complexity index is 881. The van der Waals surface area contributed by atoms with Gasteiger partial charge in [-0.25, -0.2) is 5.01 Å². The Balaban J connectivity index is 2.20. The summed E-state index contributed by atoms with van der Waals surface area (Å²) in [5.41, 5.74) is 2.51. The van der Waals surface area contributed by atoms with Gasteiger partial charge in [0, 0.05) is 6.54 Å². The number of rotatable bonds is 2. The summed E-state index contributed by atoms with van der Waals surface area (Å²) in [5.74, 6) is -0.396. The van der Waals surface area contributed by atoms with Crippen LogP contribution >= 0.6 is 0 Å². The summed E-state index contributed by atoms with van der Waals surface area (Å²) in [6.45, 7) is 9.41. The summed E-state index contributed by atoms with van der Waals surface area (Å²) < 4.78 is 42.3. The monoisotopic (exact) mass is 378 g/mol. The highest BCUT2D eigenvalue weighted by Crippen LogP contribution is 2.43. The van der Waals surface area contributed by atoms with Gasteiger partial charge in [-0.05, 0) is 41.2 Å². The topological polar surface area (TPSA) is 32.3 Å². The van der Waals surface area contributed by atoms with Gasteiger partial charge in [0.1, 0.15) is 0 Å². The molecule has 0 spiro atoms. The molecule has 1 amide bonds. The summed E-state index contributed by atoms with van der Waals surface area (Å²) in [6.07, 6.45) is -4.53. The number of fused-ring (bicyclic) bond motifs is 1. The smallest absolute Gasteiger partial charge is 0.287 e. The van der Waals surface area contributed by atoms with Crippen molar-refractivity contribution in [3.05, 3.63) is 47.5 Å². The van der Waals surface area contributed by atoms with Crippen LogP contribution in [0.3, 0.4) is 0 Å². The van der Waals surface area contributed by atoms with Gasteiger partial charge in [-0.2, -0.15) is 13.2 Å². The molecular weight excluding hydrogens is 353 g/mol. The number of hydrazine groups is 1. The second-order valence-electron chi connectivity index (χ2n) is 8.89. The molecule has 2 aromatic rings. The number of hydrogen-bond acceptors (Lipinski definition) is 2. The Morgan fingerprint density at radius 1 is 1.04 bits per heavy atom. The van der Waals surface area contributed by atoms with Crippen molar-refractivity contribution in [2.75, 3.05) is 6.54 Å². The van der Waals surface area contributed by atoms with Gasteiger partial charge >= 0.3 is 6.18 Å². The van der Waals surface area contributed by atoms with E-state index in [1.54, 1.807) is 32.0 Å². The molecule has 146 valence electrons. The highest BCUT2D eigenvalue weighted by molar-refractivity contribution is 5.90. The van der Waals surface area contributed by atoms with E-state index in [1.807, 2.05) is 32.9 Å². The van der Waals surface area contributed by atoms with Crippen LogP contribution < -0.4 is 5.43 Å². The zero-order valence-electron chi connectivity index (χ0n) is 16.2. The fourth-order valence-corrected chi connectivity index (χ4v) is 3.72. The number of benzene rings is 2. The zero-order chi connectivity index (χ0) is 20.2. The number of hydrogen-bond donors (Lipinski definition) is 1. The lowest BCUT2D eigenvalue weighted by atomic mass is 9.82. The Hall–Kier alpha value is -2.08. The molecule has 1 N–H and O–H groups in total. The van der Waals surface area contributed by atoms with Crippen molar-refractivity contribution < 1.29 is 18.0 Å². The van der Waals surface area contributed by atoms with Crippen molar-refractivity contribution in [1.82, 2.24) is 10.4 Å². The third-order valence-electron chi connectivity index (χ3n) is 5.11. The first kappa shape index (κ1) is 19.7. The summed E-state index contributed by atoms with van der Waals surface area (Å²) in [4.78, 5) is 12.1. The Morgan fingerprint density at radius 2 is 1.63 bits per heavy atom. The van der Waals surface area contributed by atoms with Crippen LogP contribution in [0.15, 0.2) is 36.4 Å². The van der Waals surface area contributed by atoms with E-state index >= 15 is 0 Å². The molecule has 27 heavy (non-hydrogen) atoms. The van der Waals surface area contributed by atoms with E-state index in [1.165, 1.54) is 6.07 Å². The van der Waals surface area contributed by atoms with E-state index in [0.29, 0.717) is 5.39 Å². The van der Waals surface area contributed by atoms with Crippen molar-refractivity contribution in [2.24, 2.45) is 5.41 Å². The molecule has 0 saturated carbocycles. The van der Waals surface area contributed by atoms with Crippen LogP contribution in [0.2, 0.25) is 0 Å². The lowest BCUT2D eigenvalue weighted by Gasteiger charge is -2.31. The van der Waals surface area contributed by atoms with Crippen LogP contribution in [0, 0.1) is 5.41 Å². The Labute approximate surface area is 157 Å². The highest BCUT2D eigenvalue weighted by atomic mass is 19.4. The molecule has 0 bridgehead atoms. The molecule has 0 aromatic heterocycles. The maximum absolute atomic E-state index is 14.1. The number of carbonyl (C=O) groups is 1. The zero-order valence-corrected chi connectivity index (χ0v) is 16.2. The van der Waals surface area contributed by atoms with Gasteiger partial charge in [0.25, 0.3) is 0 Å². The fourth-order valence-electron chi connectivity index (χ4n) is 3.72. The fraction of sp³-hybridized carbons (Fsp3) is 0.476. The maximum atomic E-state index is 14.1. The molecule has 1 atom stereocenters. The van der Waals surface area contributed by atoms with Crippen LogP contribution in [0.25, 0.3) is 10.8 Å². The SMILES string of the molecule is CC1(C)CN(C(c2cccc3c(C(C)(C)C)cccc23)C(F)(F)F)NC1=O. The largest absolute Gasteiger partial charge is 0.409 e. The molecule has 0 radical (unpaired) electrons. The van der Waals surface area contributed by atoms with Gasteiger partial charge < -0.3 is 0 Å². The normalized spacial score (nSPS) is 19.3. The minimum atomic E-state index is -4.53. The van der Waals surface area contributed by atoms with Crippen LogP contribution in [-0.2, 0) is 10.2 Å². The van der Waals surface area contributed by atoms with Gasteiger partial charge in [0.05, 0.1) is 5.41 Å². The quantitative estimate of drug-likeness (QED) is 0.787. The van der Waals surface area contributed by atoms with Crippen LogP contribution in [-0.4, -0.2) is 23.6 Å². The third-order valence-corrected chi connectivity index (χ3v) is 5.11. The van der Waals surface area contributed by atoms with E-state index in [4.69, 9.17) is 0 Å². The maximum Gasteiger partial charge on any atom is 0.409 e. The first-order valence-corrected chi connectivity index (χ1v) is 8.99. The molecule has 3 nitrogen and oxygen atoms in total. The molecule has 1 saturated heterocycles. The number of amides is 1. The van der Waals surface area contributed by atoms with E-state index in [0.717, 1.165) is 16.0 Å². The van der Waals surface area contributed by atoms with Crippen molar-refractivity contribution >= 4 is 16.7 Å². The second-order valence-corrected chi connectivity index (χ2v) is 8.89. The summed E-state index contributed by atoms with van der Waals surface area (Å²) >= 11 is 0. The second kappa shape index (κ2) is 6.23. The number of nitrogens with one attached hydrogen (secondary N) is 1. The van der Waals surface area contributed by atoms with Crippen molar-refractivity contribution in [2.45, 2.75) is 52.3 Å². The number of halogens is 3. The summed E-state index contributed by atoms with van der Waals surface area (Å²) in [6, 6.07) is 8.60. The molecule has 1 aliphatic heterocycles. The lowest BCUT2D eigenvalue weighted by molar-refractivity contribution is -0.191. The number of alkyl halides is 3. The van der Waals surface area contributed by atoms with E-state index < -0.39 is 23.5 Å². The van der Waals surface area contributed by atoms with Crippen molar-refractivity contribution in [3.63, 3.8) is 0 Å². The first-order valence-electron chi connectivity index (χ1n) is 8.99. The predicted molar refractivity (Wildman–Crippen MR) is 100 cm³/mol. The van der Waals surface area contributed by atoms with Gasteiger partial charge in [0.2, 0.25) is 5.91 Å². The molecule has 3 rings (SSSR count). The molecule has 1 aliphatic rings. The molecule has 1 unspecified atom stereocenters. The Morgan fingerprint density at radius 3 is 2.15 bits per heavy atom. The van der Waals surface area contributed by atoms with Crippen LogP contribution in [0.1, 0.15) is 51.8 Å². The minimum Gasteiger partial charge on any atom is -0.287 e. The predicted octanol–water partition coefficient (Wildman–Crippen LogP) is 5.11. The van der Waals surface area contributed by atoms with E-state index in [-0.39, 0.29) is 17.5 Å². The third kappa shape index (κ3) is 3.55. The minimum absolute atomic E-state index is 0.00857. The Kier molecular flexibility index (Phi) is 4.54. The average Bonchev–Trinajstić information content (AvgIpc) is 2.77. The van der Waals surface area contributed by atoms with Crippen LogP contribution in [0.4, 0.5) is 13.2 Å². The van der Waals surface area contributed by atoms with Gasteiger partial charge in [-0.15, -0.1) is 0 Å². The molecule has 1 fully saturated rings. The summed E-state index contributed by atoms with van der Waals surface area (Å²) in [7, 11) is 0. The molecule has 6 heteroatoms. The number of carbonyl (C=O) groups excluding carboxylic acids is 1. The highest BCUT2D eigenvalue weighted by Gasteiger charge is 2.51. The van der Waals surface area contributed by atoms with E-state index in [9.17, 15) is 18.0 Å². The molecule has 0 aliphatic carbocycles. The van der Waals surface area contributed by atoms with Crippen molar-refractivity contribution in [3.8, 4) is 0 Å². The molecule has 1 heterocycles. The number of nitrogens with zero attached hydrogens (tertiary/aromatic N) is 1. The van der Waals surface area contributed by atoms with Gasteiger partial charge in [-0.1, -0.05) is 57.2 Å². The van der Waals surface area contributed by atoms with Gasteiger partial charge in [0.15, 0.2) is 6.04 Å².